The fourth-order valence-electron chi connectivity index (χ4n) is 1.80. The molecule has 0 saturated heterocycles. The third-order valence-corrected chi connectivity index (χ3v) is 4.33. The van der Waals surface area contributed by atoms with Crippen LogP contribution in [0, 0.1) is 0 Å². The van der Waals surface area contributed by atoms with Gasteiger partial charge in [-0.15, -0.1) is 11.3 Å². The van der Waals surface area contributed by atoms with E-state index in [4.69, 9.17) is 23.2 Å². The van der Waals surface area contributed by atoms with Crippen molar-refractivity contribution in [2.45, 2.75) is 0 Å². The molecule has 1 aromatic heterocycles. The summed E-state index contributed by atoms with van der Waals surface area (Å²) in [6.07, 6.45) is 0. The van der Waals surface area contributed by atoms with Gasteiger partial charge in [0.15, 0.2) is 0 Å². The quantitative estimate of drug-likeness (QED) is 0.591. The molecule has 1 nitrogen and oxygen atoms in total. The van der Waals surface area contributed by atoms with Gasteiger partial charge in [-0.25, -0.2) is 4.98 Å². The van der Waals surface area contributed by atoms with Gasteiger partial charge in [-0.05, 0) is 11.6 Å². The predicted octanol–water partition coefficient (Wildman–Crippen LogP) is 5.27. The van der Waals surface area contributed by atoms with Gasteiger partial charge in [0, 0.05) is 5.56 Å². The first-order valence-electron chi connectivity index (χ1n) is 5.04. The van der Waals surface area contributed by atoms with Gasteiger partial charge in [-0.1, -0.05) is 53.5 Å². The molecule has 0 fully saturated rings. The Labute approximate surface area is 113 Å². The lowest BCUT2D eigenvalue weighted by Gasteiger charge is -2.05. The summed E-state index contributed by atoms with van der Waals surface area (Å²) in [6, 6.07) is 11.9. The number of hydrogen-bond donors (Lipinski definition) is 0. The SMILES string of the molecule is Clc1cc(-c2ccccc2)c2ncsc2c1Cl. The fraction of sp³-hybridized carbons (Fsp3) is 0. The highest BCUT2D eigenvalue weighted by molar-refractivity contribution is 7.17. The van der Waals surface area contributed by atoms with Gasteiger partial charge in [0.2, 0.25) is 0 Å². The zero-order valence-electron chi connectivity index (χ0n) is 8.65. The van der Waals surface area contributed by atoms with Crippen LogP contribution in [0.4, 0.5) is 0 Å². The van der Waals surface area contributed by atoms with Crippen molar-refractivity contribution in [1.82, 2.24) is 4.98 Å². The highest BCUT2D eigenvalue weighted by Gasteiger charge is 2.12. The van der Waals surface area contributed by atoms with Crippen LogP contribution in [-0.4, -0.2) is 4.98 Å². The fourth-order valence-corrected chi connectivity index (χ4v) is 3.09. The minimum absolute atomic E-state index is 0.572. The topological polar surface area (TPSA) is 12.9 Å². The summed E-state index contributed by atoms with van der Waals surface area (Å²) in [5, 5.41) is 1.16. The molecule has 0 saturated carbocycles. The standard InChI is InChI=1S/C13H7Cl2NS/c14-10-6-9(8-4-2-1-3-5-8)12-13(11(10)15)17-7-16-12/h1-7H. The highest BCUT2D eigenvalue weighted by Crippen LogP contribution is 2.39. The molecule has 84 valence electrons. The van der Waals surface area contributed by atoms with E-state index in [2.05, 4.69) is 4.98 Å². The van der Waals surface area contributed by atoms with E-state index in [1.165, 1.54) is 11.3 Å². The highest BCUT2D eigenvalue weighted by atomic mass is 35.5. The number of fused-ring (bicyclic) bond motifs is 1. The molecule has 17 heavy (non-hydrogen) atoms. The molecule has 3 aromatic rings. The third-order valence-electron chi connectivity index (χ3n) is 2.59. The Balaban J connectivity index is 2.38. The van der Waals surface area contributed by atoms with Crippen LogP contribution in [0.25, 0.3) is 21.3 Å². The van der Waals surface area contributed by atoms with E-state index in [9.17, 15) is 0 Å². The second-order valence-corrected chi connectivity index (χ2v) is 5.26. The molecule has 1 heterocycles. The predicted molar refractivity (Wildman–Crippen MR) is 75.1 cm³/mol. The molecule has 0 radical (unpaired) electrons. The molecular formula is C13H7Cl2NS. The largest absolute Gasteiger partial charge is 0.244 e. The molecule has 0 aliphatic heterocycles. The van der Waals surface area contributed by atoms with Gasteiger partial charge in [0.25, 0.3) is 0 Å². The average Bonchev–Trinajstić information content (AvgIpc) is 2.84. The summed E-state index contributed by atoms with van der Waals surface area (Å²) in [6.45, 7) is 0. The number of benzene rings is 2. The number of thiazole rings is 1. The van der Waals surface area contributed by atoms with Crippen molar-refractivity contribution < 1.29 is 0 Å². The lowest BCUT2D eigenvalue weighted by atomic mass is 10.0. The van der Waals surface area contributed by atoms with Crippen LogP contribution in [-0.2, 0) is 0 Å². The van der Waals surface area contributed by atoms with Gasteiger partial charge in [0.1, 0.15) is 0 Å². The maximum Gasteiger partial charge on any atom is 0.0906 e. The monoisotopic (exact) mass is 279 g/mol. The molecule has 0 aliphatic rings. The Hall–Kier alpha value is -1.09. The van der Waals surface area contributed by atoms with E-state index in [0.29, 0.717) is 10.0 Å². The second kappa shape index (κ2) is 4.30. The second-order valence-electron chi connectivity index (χ2n) is 3.62. The number of halogens is 2. The van der Waals surface area contributed by atoms with E-state index in [1.807, 2.05) is 36.4 Å². The van der Waals surface area contributed by atoms with E-state index < -0.39 is 0 Å². The third kappa shape index (κ3) is 1.82. The van der Waals surface area contributed by atoms with Crippen molar-refractivity contribution in [3.05, 3.63) is 52.0 Å². The molecule has 3 rings (SSSR count). The number of aromatic nitrogens is 1. The molecule has 0 amide bonds. The molecule has 0 spiro atoms. The Morgan fingerprint density at radius 3 is 2.59 bits per heavy atom. The summed E-state index contributed by atoms with van der Waals surface area (Å²) < 4.78 is 0.943. The summed E-state index contributed by atoms with van der Waals surface area (Å²) in [4.78, 5) is 4.37. The smallest absolute Gasteiger partial charge is 0.0906 e. The lowest BCUT2D eigenvalue weighted by molar-refractivity contribution is 1.49. The van der Waals surface area contributed by atoms with E-state index >= 15 is 0 Å². The normalized spacial score (nSPS) is 10.9. The van der Waals surface area contributed by atoms with Gasteiger partial charge >= 0.3 is 0 Å². The maximum absolute atomic E-state index is 6.17. The summed E-state index contributed by atoms with van der Waals surface area (Å²) in [5.74, 6) is 0. The zero-order valence-corrected chi connectivity index (χ0v) is 11.0. The number of nitrogens with zero attached hydrogens (tertiary/aromatic N) is 1. The van der Waals surface area contributed by atoms with Crippen molar-refractivity contribution in [1.29, 1.82) is 0 Å². The van der Waals surface area contributed by atoms with Crippen molar-refractivity contribution >= 4 is 44.8 Å². The maximum atomic E-state index is 6.17. The first-order valence-corrected chi connectivity index (χ1v) is 6.67. The van der Waals surface area contributed by atoms with Crippen molar-refractivity contribution in [3.63, 3.8) is 0 Å². The van der Waals surface area contributed by atoms with E-state index in [-0.39, 0.29) is 0 Å². The Morgan fingerprint density at radius 1 is 1.06 bits per heavy atom. The molecule has 4 heteroatoms. The Bertz CT molecular complexity index is 676. The van der Waals surface area contributed by atoms with Crippen LogP contribution in [0.2, 0.25) is 10.0 Å². The Morgan fingerprint density at radius 2 is 1.82 bits per heavy atom. The molecular weight excluding hydrogens is 273 g/mol. The van der Waals surface area contributed by atoms with E-state index in [0.717, 1.165) is 21.3 Å². The number of hydrogen-bond acceptors (Lipinski definition) is 2. The zero-order chi connectivity index (χ0) is 11.8. The van der Waals surface area contributed by atoms with Crippen LogP contribution in [0.5, 0.6) is 0 Å². The Kier molecular flexibility index (Phi) is 2.79. The number of rotatable bonds is 1. The first kappa shape index (κ1) is 11.0. The average molecular weight is 280 g/mol. The molecule has 0 N–H and O–H groups in total. The van der Waals surface area contributed by atoms with Crippen molar-refractivity contribution in [2.75, 3.05) is 0 Å². The first-order chi connectivity index (χ1) is 8.27. The lowest BCUT2D eigenvalue weighted by Crippen LogP contribution is -1.82. The van der Waals surface area contributed by atoms with Crippen LogP contribution >= 0.6 is 34.5 Å². The minimum atomic E-state index is 0.572. The molecule has 0 atom stereocenters. The summed E-state index contributed by atoms with van der Waals surface area (Å²) in [5.41, 5.74) is 4.83. The van der Waals surface area contributed by atoms with Gasteiger partial charge in [-0.2, -0.15) is 0 Å². The van der Waals surface area contributed by atoms with Crippen LogP contribution in [0.3, 0.4) is 0 Å². The van der Waals surface area contributed by atoms with Gasteiger partial charge in [-0.3, -0.25) is 0 Å². The minimum Gasteiger partial charge on any atom is -0.244 e. The van der Waals surface area contributed by atoms with Crippen LogP contribution in [0.15, 0.2) is 41.9 Å². The van der Waals surface area contributed by atoms with Gasteiger partial charge in [0.05, 0.1) is 25.8 Å². The van der Waals surface area contributed by atoms with E-state index in [1.54, 1.807) is 5.51 Å². The molecule has 0 aliphatic carbocycles. The van der Waals surface area contributed by atoms with Crippen LogP contribution < -0.4 is 0 Å². The van der Waals surface area contributed by atoms with Crippen LogP contribution in [0.1, 0.15) is 0 Å². The van der Waals surface area contributed by atoms with Crippen molar-refractivity contribution in [2.24, 2.45) is 0 Å². The molecule has 0 unspecified atom stereocenters. The van der Waals surface area contributed by atoms with Crippen molar-refractivity contribution in [3.8, 4) is 11.1 Å². The summed E-state index contributed by atoms with van der Waals surface area (Å²) >= 11 is 13.8. The summed E-state index contributed by atoms with van der Waals surface area (Å²) in [7, 11) is 0. The molecule has 2 aromatic carbocycles. The molecule has 0 bridgehead atoms. The van der Waals surface area contributed by atoms with Gasteiger partial charge < -0.3 is 0 Å².